The molecule has 0 aliphatic carbocycles. The molecular weight excluding hydrogens is 236 g/mol. The van der Waals surface area contributed by atoms with Crippen LogP contribution in [0.15, 0.2) is 53.1 Å². The molecule has 3 aromatic rings. The van der Waals surface area contributed by atoms with Crippen molar-refractivity contribution in [2.75, 3.05) is 0 Å². The topological polar surface area (TPSA) is 26.0 Å². The van der Waals surface area contributed by atoms with Crippen LogP contribution < -0.4 is 0 Å². The summed E-state index contributed by atoms with van der Waals surface area (Å²) in [6.07, 6.45) is -1.20. The van der Waals surface area contributed by atoms with Crippen molar-refractivity contribution in [3.8, 4) is 11.3 Å². The Balaban J connectivity index is 2.20. The van der Waals surface area contributed by atoms with E-state index in [0.717, 1.165) is 5.56 Å². The Morgan fingerprint density at radius 3 is 2.56 bits per heavy atom. The minimum Gasteiger partial charge on any atom is -0.454 e. The Hall–Kier alpha value is -2.23. The zero-order chi connectivity index (χ0) is 12.5. The molecule has 0 atom stereocenters. The Labute approximate surface area is 102 Å². The summed E-state index contributed by atoms with van der Waals surface area (Å²) in [5, 5.41) is 0. The van der Waals surface area contributed by atoms with Gasteiger partial charge in [-0.25, -0.2) is 8.78 Å². The van der Waals surface area contributed by atoms with E-state index in [1.807, 2.05) is 30.3 Å². The van der Waals surface area contributed by atoms with Crippen LogP contribution in [-0.4, -0.2) is 4.98 Å². The van der Waals surface area contributed by atoms with Gasteiger partial charge in [-0.3, -0.25) is 4.98 Å². The van der Waals surface area contributed by atoms with Crippen molar-refractivity contribution in [2.24, 2.45) is 0 Å². The molecule has 2 nitrogen and oxygen atoms in total. The van der Waals surface area contributed by atoms with Gasteiger partial charge in [0.1, 0.15) is 11.3 Å². The van der Waals surface area contributed by atoms with Crippen LogP contribution in [0, 0.1) is 0 Å². The van der Waals surface area contributed by atoms with E-state index in [1.54, 1.807) is 6.07 Å². The number of fused-ring (bicyclic) bond motifs is 1. The highest BCUT2D eigenvalue weighted by Crippen LogP contribution is 2.32. The average molecular weight is 245 g/mol. The SMILES string of the molecule is FC(F)c1ccnc2cc(-c3ccccc3)oc12. The third-order valence-electron chi connectivity index (χ3n) is 2.74. The number of rotatable bonds is 2. The minimum atomic E-state index is -2.56. The van der Waals surface area contributed by atoms with E-state index in [0.29, 0.717) is 11.3 Å². The summed E-state index contributed by atoms with van der Waals surface area (Å²) in [6.45, 7) is 0. The smallest absolute Gasteiger partial charge is 0.267 e. The molecule has 0 bridgehead atoms. The summed E-state index contributed by atoms with van der Waals surface area (Å²) in [5.74, 6) is 0.547. The molecule has 18 heavy (non-hydrogen) atoms. The minimum absolute atomic E-state index is 0.123. The fourth-order valence-corrected chi connectivity index (χ4v) is 1.87. The van der Waals surface area contributed by atoms with Crippen molar-refractivity contribution in [1.29, 1.82) is 0 Å². The maximum atomic E-state index is 12.8. The van der Waals surface area contributed by atoms with Gasteiger partial charge in [0.15, 0.2) is 5.58 Å². The molecule has 1 aromatic carbocycles. The molecule has 0 amide bonds. The van der Waals surface area contributed by atoms with Crippen LogP contribution in [0.5, 0.6) is 0 Å². The van der Waals surface area contributed by atoms with Crippen molar-refractivity contribution < 1.29 is 13.2 Å². The van der Waals surface area contributed by atoms with Crippen LogP contribution >= 0.6 is 0 Å². The maximum absolute atomic E-state index is 12.8. The number of aromatic nitrogens is 1. The molecule has 0 spiro atoms. The Morgan fingerprint density at radius 2 is 1.83 bits per heavy atom. The molecule has 0 aliphatic rings. The highest BCUT2D eigenvalue weighted by Gasteiger charge is 2.16. The Morgan fingerprint density at radius 1 is 1.06 bits per heavy atom. The molecule has 2 aromatic heterocycles. The van der Waals surface area contributed by atoms with Gasteiger partial charge in [-0.05, 0) is 6.07 Å². The second-order valence-corrected chi connectivity index (χ2v) is 3.89. The lowest BCUT2D eigenvalue weighted by atomic mass is 10.2. The third kappa shape index (κ3) is 1.76. The van der Waals surface area contributed by atoms with E-state index in [9.17, 15) is 8.78 Å². The lowest BCUT2D eigenvalue weighted by Crippen LogP contribution is -1.85. The summed E-state index contributed by atoms with van der Waals surface area (Å²) >= 11 is 0. The van der Waals surface area contributed by atoms with E-state index in [4.69, 9.17) is 4.42 Å². The monoisotopic (exact) mass is 245 g/mol. The summed E-state index contributed by atoms with van der Waals surface area (Å²) in [4.78, 5) is 4.04. The van der Waals surface area contributed by atoms with Gasteiger partial charge in [-0.1, -0.05) is 30.3 Å². The van der Waals surface area contributed by atoms with Crippen LogP contribution in [0.3, 0.4) is 0 Å². The number of nitrogens with zero attached hydrogens (tertiary/aromatic N) is 1. The van der Waals surface area contributed by atoms with Gasteiger partial charge in [0, 0.05) is 17.8 Å². The number of hydrogen-bond acceptors (Lipinski definition) is 2. The molecule has 0 N–H and O–H groups in total. The molecule has 3 rings (SSSR count). The van der Waals surface area contributed by atoms with Crippen LogP contribution in [-0.2, 0) is 0 Å². The van der Waals surface area contributed by atoms with Gasteiger partial charge >= 0.3 is 0 Å². The quantitative estimate of drug-likeness (QED) is 0.667. The average Bonchev–Trinajstić information content (AvgIpc) is 2.83. The van der Waals surface area contributed by atoms with Gasteiger partial charge in [-0.2, -0.15) is 0 Å². The number of halogens is 2. The summed E-state index contributed by atoms with van der Waals surface area (Å²) in [7, 11) is 0. The van der Waals surface area contributed by atoms with E-state index in [1.165, 1.54) is 12.3 Å². The first kappa shape index (κ1) is 10.9. The second-order valence-electron chi connectivity index (χ2n) is 3.89. The second kappa shape index (κ2) is 4.22. The van der Waals surface area contributed by atoms with Gasteiger partial charge in [0.05, 0.1) is 5.56 Å². The molecule has 0 radical (unpaired) electrons. The van der Waals surface area contributed by atoms with Crippen molar-refractivity contribution in [2.45, 2.75) is 6.43 Å². The van der Waals surface area contributed by atoms with Crippen molar-refractivity contribution in [1.82, 2.24) is 4.98 Å². The zero-order valence-electron chi connectivity index (χ0n) is 9.31. The van der Waals surface area contributed by atoms with E-state index < -0.39 is 6.43 Å². The molecule has 4 heteroatoms. The van der Waals surface area contributed by atoms with Crippen molar-refractivity contribution in [3.05, 3.63) is 54.2 Å². The van der Waals surface area contributed by atoms with E-state index in [2.05, 4.69) is 4.98 Å². The number of benzene rings is 1. The fraction of sp³-hybridized carbons (Fsp3) is 0.0714. The Kier molecular flexibility index (Phi) is 2.55. The number of hydrogen-bond donors (Lipinski definition) is 0. The molecule has 90 valence electrons. The predicted molar refractivity (Wildman–Crippen MR) is 64.4 cm³/mol. The van der Waals surface area contributed by atoms with Gasteiger partial charge in [-0.15, -0.1) is 0 Å². The van der Waals surface area contributed by atoms with Crippen molar-refractivity contribution >= 4 is 11.1 Å². The first-order chi connectivity index (χ1) is 8.75. The predicted octanol–water partition coefficient (Wildman–Crippen LogP) is 4.43. The molecule has 0 unspecified atom stereocenters. The van der Waals surface area contributed by atoms with E-state index in [-0.39, 0.29) is 11.1 Å². The summed E-state index contributed by atoms with van der Waals surface area (Å²) in [5.41, 5.74) is 1.33. The molecule has 2 heterocycles. The van der Waals surface area contributed by atoms with E-state index >= 15 is 0 Å². The van der Waals surface area contributed by atoms with Gasteiger partial charge in [0.25, 0.3) is 6.43 Å². The maximum Gasteiger partial charge on any atom is 0.267 e. The van der Waals surface area contributed by atoms with Crippen molar-refractivity contribution in [3.63, 3.8) is 0 Å². The normalized spacial score (nSPS) is 11.3. The standard InChI is InChI=1S/C14H9F2NO/c15-14(16)10-6-7-17-11-8-12(18-13(10)11)9-4-2-1-3-5-9/h1-8,14H. The van der Waals surface area contributed by atoms with Crippen LogP contribution in [0.1, 0.15) is 12.0 Å². The molecule has 0 fully saturated rings. The molecule has 0 saturated carbocycles. The number of alkyl halides is 2. The highest BCUT2D eigenvalue weighted by molar-refractivity contribution is 5.81. The summed E-state index contributed by atoms with van der Waals surface area (Å²) < 4.78 is 31.1. The number of furan rings is 1. The van der Waals surface area contributed by atoms with Crippen LogP contribution in [0.4, 0.5) is 8.78 Å². The van der Waals surface area contributed by atoms with Crippen LogP contribution in [0.2, 0.25) is 0 Å². The molecule has 0 saturated heterocycles. The fourth-order valence-electron chi connectivity index (χ4n) is 1.87. The highest BCUT2D eigenvalue weighted by atomic mass is 19.3. The molecule has 0 aliphatic heterocycles. The largest absolute Gasteiger partial charge is 0.454 e. The third-order valence-corrected chi connectivity index (χ3v) is 2.74. The first-order valence-electron chi connectivity index (χ1n) is 5.48. The van der Waals surface area contributed by atoms with Gasteiger partial charge < -0.3 is 4.42 Å². The molecular formula is C14H9F2NO. The Bertz CT molecular complexity index is 677. The lowest BCUT2D eigenvalue weighted by Gasteiger charge is -1.98. The lowest BCUT2D eigenvalue weighted by molar-refractivity contribution is 0.152. The zero-order valence-corrected chi connectivity index (χ0v) is 9.31. The summed E-state index contributed by atoms with van der Waals surface area (Å²) in [6, 6.07) is 12.3. The number of pyridine rings is 1. The first-order valence-corrected chi connectivity index (χ1v) is 5.48. The van der Waals surface area contributed by atoms with Gasteiger partial charge in [0.2, 0.25) is 0 Å². The van der Waals surface area contributed by atoms with Crippen LogP contribution in [0.25, 0.3) is 22.4 Å².